The van der Waals surface area contributed by atoms with Crippen LogP contribution in [0.4, 0.5) is 0 Å². The second-order valence-electron chi connectivity index (χ2n) is 7.07. The molecule has 1 aromatic carbocycles. The summed E-state index contributed by atoms with van der Waals surface area (Å²) >= 11 is 0. The number of nitrogens with zero attached hydrogens (tertiary/aromatic N) is 3. The molecule has 0 spiro atoms. The monoisotopic (exact) mass is 299 g/mol. The highest BCUT2D eigenvalue weighted by atomic mass is 15.2. The SMILES string of the molecule is CC(C)CCn1c([C@H](C)N2CCCCC2)nc2ccccc21. The van der Waals surface area contributed by atoms with Crippen molar-refractivity contribution in [2.75, 3.05) is 13.1 Å². The van der Waals surface area contributed by atoms with E-state index in [1.165, 1.54) is 50.1 Å². The predicted octanol–water partition coefficient (Wildman–Crippen LogP) is 4.63. The van der Waals surface area contributed by atoms with E-state index in [0.717, 1.165) is 18.0 Å². The van der Waals surface area contributed by atoms with Gasteiger partial charge in [0, 0.05) is 6.54 Å². The lowest BCUT2D eigenvalue weighted by Crippen LogP contribution is -2.33. The van der Waals surface area contributed by atoms with Crippen LogP contribution >= 0.6 is 0 Å². The molecule has 120 valence electrons. The first-order valence-corrected chi connectivity index (χ1v) is 8.86. The van der Waals surface area contributed by atoms with Crippen molar-refractivity contribution in [2.45, 2.75) is 59.0 Å². The number of fused-ring (bicyclic) bond motifs is 1. The number of aromatic nitrogens is 2. The van der Waals surface area contributed by atoms with E-state index in [1.54, 1.807) is 0 Å². The molecule has 3 rings (SSSR count). The van der Waals surface area contributed by atoms with Crippen LogP contribution in [0.2, 0.25) is 0 Å². The van der Waals surface area contributed by atoms with E-state index in [2.05, 4.69) is 54.5 Å². The van der Waals surface area contributed by atoms with E-state index in [1.807, 2.05) is 0 Å². The van der Waals surface area contributed by atoms with Crippen molar-refractivity contribution < 1.29 is 0 Å². The van der Waals surface area contributed by atoms with Crippen LogP contribution in [-0.4, -0.2) is 27.5 Å². The van der Waals surface area contributed by atoms with Crippen LogP contribution in [0.25, 0.3) is 11.0 Å². The molecule has 0 aliphatic carbocycles. The van der Waals surface area contributed by atoms with Gasteiger partial charge in [0.05, 0.1) is 17.1 Å². The zero-order valence-electron chi connectivity index (χ0n) is 14.3. The van der Waals surface area contributed by atoms with Gasteiger partial charge in [-0.3, -0.25) is 4.90 Å². The fraction of sp³-hybridized carbons (Fsp3) is 0.632. The van der Waals surface area contributed by atoms with Gasteiger partial charge in [-0.1, -0.05) is 32.4 Å². The van der Waals surface area contributed by atoms with Crippen molar-refractivity contribution in [3.8, 4) is 0 Å². The molecular formula is C19H29N3. The van der Waals surface area contributed by atoms with Crippen molar-refractivity contribution in [3.63, 3.8) is 0 Å². The molecule has 22 heavy (non-hydrogen) atoms. The van der Waals surface area contributed by atoms with Crippen LogP contribution < -0.4 is 0 Å². The zero-order valence-corrected chi connectivity index (χ0v) is 14.3. The summed E-state index contributed by atoms with van der Waals surface area (Å²) in [5, 5.41) is 0. The van der Waals surface area contributed by atoms with E-state index in [9.17, 15) is 0 Å². The molecule has 0 saturated carbocycles. The summed E-state index contributed by atoms with van der Waals surface area (Å²) in [6.07, 6.45) is 5.25. The maximum atomic E-state index is 4.99. The standard InChI is InChI=1S/C19H29N3/c1-15(2)11-14-22-18-10-6-5-9-17(18)20-19(22)16(3)21-12-7-4-8-13-21/h5-6,9-10,15-16H,4,7-8,11-14H2,1-3H3/t16-/m0/s1. The van der Waals surface area contributed by atoms with E-state index >= 15 is 0 Å². The van der Waals surface area contributed by atoms with Gasteiger partial charge in [0.15, 0.2) is 0 Å². The highest BCUT2D eigenvalue weighted by Crippen LogP contribution is 2.27. The Morgan fingerprint density at radius 1 is 1.05 bits per heavy atom. The quantitative estimate of drug-likeness (QED) is 0.802. The molecule has 0 amide bonds. The maximum absolute atomic E-state index is 4.99. The average molecular weight is 299 g/mol. The number of hydrogen-bond acceptors (Lipinski definition) is 2. The molecule has 3 nitrogen and oxygen atoms in total. The van der Waals surface area contributed by atoms with Gasteiger partial charge < -0.3 is 4.57 Å². The van der Waals surface area contributed by atoms with Crippen molar-refractivity contribution >= 4 is 11.0 Å². The second-order valence-corrected chi connectivity index (χ2v) is 7.07. The molecule has 1 fully saturated rings. The summed E-state index contributed by atoms with van der Waals surface area (Å²) in [5.41, 5.74) is 2.44. The molecule has 0 radical (unpaired) electrons. The van der Waals surface area contributed by atoms with Crippen molar-refractivity contribution in [3.05, 3.63) is 30.1 Å². The molecule has 0 unspecified atom stereocenters. The minimum atomic E-state index is 0.417. The van der Waals surface area contributed by atoms with Crippen molar-refractivity contribution in [2.24, 2.45) is 5.92 Å². The van der Waals surface area contributed by atoms with Gasteiger partial charge in [-0.2, -0.15) is 0 Å². The molecule has 0 bridgehead atoms. The van der Waals surface area contributed by atoms with Gasteiger partial charge in [-0.15, -0.1) is 0 Å². The molecule has 1 aromatic heterocycles. The lowest BCUT2D eigenvalue weighted by Gasteiger charge is -2.32. The van der Waals surface area contributed by atoms with Gasteiger partial charge >= 0.3 is 0 Å². The number of aryl methyl sites for hydroxylation is 1. The third-order valence-electron chi connectivity index (χ3n) is 4.93. The summed E-state index contributed by atoms with van der Waals surface area (Å²) in [4.78, 5) is 7.59. The Bertz CT molecular complexity index is 608. The summed E-state index contributed by atoms with van der Waals surface area (Å²) in [6.45, 7) is 10.4. The Morgan fingerprint density at radius 3 is 2.50 bits per heavy atom. The Balaban J connectivity index is 1.93. The van der Waals surface area contributed by atoms with Gasteiger partial charge in [0.25, 0.3) is 0 Å². The van der Waals surface area contributed by atoms with Gasteiger partial charge in [-0.05, 0) is 57.3 Å². The lowest BCUT2D eigenvalue weighted by atomic mass is 10.1. The normalized spacial score (nSPS) is 18.2. The molecule has 1 saturated heterocycles. The molecule has 3 heteroatoms. The fourth-order valence-electron chi connectivity index (χ4n) is 3.50. The summed E-state index contributed by atoms with van der Waals surface area (Å²) in [6, 6.07) is 9.01. The van der Waals surface area contributed by atoms with Crippen LogP contribution in [0.1, 0.15) is 58.3 Å². The van der Waals surface area contributed by atoms with Gasteiger partial charge in [-0.25, -0.2) is 4.98 Å². The topological polar surface area (TPSA) is 21.1 Å². The highest BCUT2D eigenvalue weighted by Gasteiger charge is 2.23. The van der Waals surface area contributed by atoms with Crippen LogP contribution in [0.15, 0.2) is 24.3 Å². The molecular weight excluding hydrogens is 270 g/mol. The Morgan fingerprint density at radius 2 is 1.77 bits per heavy atom. The molecule has 1 aliphatic heterocycles. The lowest BCUT2D eigenvalue weighted by molar-refractivity contribution is 0.166. The Hall–Kier alpha value is -1.35. The first kappa shape index (κ1) is 15.5. The fourth-order valence-corrected chi connectivity index (χ4v) is 3.50. The van der Waals surface area contributed by atoms with E-state index in [4.69, 9.17) is 4.98 Å². The third-order valence-corrected chi connectivity index (χ3v) is 4.93. The molecule has 2 heterocycles. The molecule has 1 atom stereocenters. The van der Waals surface area contributed by atoms with Gasteiger partial charge in [0.1, 0.15) is 5.82 Å². The molecule has 2 aromatic rings. The average Bonchev–Trinajstić information content (AvgIpc) is 2.91. The van der Waals surface area contributed by atoms with Gasteiger partial charge in [0.2, 0.25) is 0 Å². The minimum absolute atomic E-state index is 0.417. The Labute approximate surface area is 134 Å². The summed E-state index contributed by atoms with van der Waals surface area (Å²) in [5.74, 6) is 1.98. The number of hydrogen-bond donors (Lipinski definition) is 0. The van der Waals surface area contributed by atoms with Crippen LogP contribution in [0.5, 0.6) is 0 Å². The van der Waals surface area contributed by atoms with E-state index in [0.29, 0.717) is 6.04 Å². The second kappa shape index (κ2) is 6.82. The number of imidazole rings is 1. The maximum Gasteiger partial charge on any atom is 0.127 e. The number of benzene rings is 1. The van der Waals surface area contributed by atoms with Crippen LogP contribution in [0, 0.1) is 5.92 Å². The molecule has 1 aliphatic rings. The van der Waals surface area contributed by atoms with Crippen LogP contribution in [-0.2, 0) is 6.54 Å². The van der Waals surface area contributed by atoms with E-state index in [-0.39, 0.29) is 0 Å². The molecule has 0 N–H and O–H groups in total. The Kier molecular flexibility index (Phi) is 4.82. The van der Waals surface area contributed by atoms with E-state index < -0.39 is 0 Å². The first-order valence-electron chi connectivity index (χ1n) is 8.86. The summed E-state index contributed by atoms with van der Waals surface area (Å²) in [7, 11) is 0. The minimum Gasteiger partial charge on any atom is -0.327 e. The third kappa shape index (κ3) is 3.19. The number of piperidine rings is 1. The predicted molar refractivity (Wildman–Crippen MR) is 93.0 cm³/mol. The van der Waals surface area contributed by atoms with Crippen molar-refractivity contribution in [1.82, 2.24) is 14.5 Å². The van der Waals surface area contributed by atoms with Crippen molar-refractivity contribution in [1.29, 1.82) is 0 Å². The van der Waals surface area contributed by atoms with Crippen LogP contribution in [0.3, 0.4) is 0 Å². The number of likely N-dealkylation sites (tertiary alicyclic amines) is 1. The number of para-hydroxylation sites is 2. The largest absolute Gasteiger partial charge is 0.327 e. The zero-order chi connectivity index (χ0) is 15.5. The summed E-state index contributed by atoms with van der Waals surface area (Å²) < 4.78 is 2.47. The first-order chi connectivity index (χ1) is 10.7. The highest BCUT2D eigenvalue weighted by molar-refractivity contribution is 5.76. The number of rotatable bonds is 5. The smallest absolute Gasteiger partial charge is 0.127 e.